The molecular weight excluding hydrogens is 284 g/mol. The van der Waals surface area contributed by atoms with Crippen LogP contribution in [0.15, 0.2) is 78.4 Å². The Morgan fingerprint density at radius 1 is 1.00 bits per heavy atom. The lowest BCUT2D eigenvalue weighted by molar-refractivity contribution is 0.0735. The van der Waals surface area contributed by atoms with E-state index < -0.39 is 0 Å². The second kappa shape index (κ2) is 6.93. The normalized spacial score (nSPS) is 13.3. The van der Waals surface area contributed by atoms with E-state index >= 15 is 0 Å². The Balaban J connectivity index is 1.63. The van der Waals surface area contributed by atoms with Gasteiger partial charge in [0, 0.05) is 0 Å². The summed E-state index contributed by atoms with van der Waals surface area (Å²) < 4.78 is 5.39. The third kappa shape index (κ3) is 4.07. The first-order valence-electron chi connectivity index (χ1n) is 7.63. The average Bonchev–Trinajstić information content (AvgIpc) is 3.08. The standard InChI is InChI=1S/C21H18O2/c1-16-6-12-19(13-7-16)21(22)23-20-14-10-18(11-15-20)9-8-17-4-2-3-5-17/h2-4,6-15H,5H2,1H3/b9-8+. The van der Waals surface area contributed by atoms with Crippen molar-refractivity contribution in [2.24, 2.45) is 0 Å². The maximum Gasteiger partial charge on any atom is 0.343 e. The van der Waals surface area contributed by atoms with Gasteiger partial charge >= 0.3 is 5.97 Å². The van der Waals surface area contributed by atoms with Gasteiger partial charge in [-0.3, -0.25) is 0 Å². The van der Waals surface area contributed by atoms with Gasteiger partial charge in [-0.15, -0.1) is 0 Å². The summed E-state index contributed by atoms with van der Waals surface area (Å²) in [6.07, 6.45) is 11.5. The van der Waals surface area contributed by atoms with Crippen molar-refractivity contribution in [2.75, 3.05) is 0 Å². The van der Waals surface area contributed by atoms with Crippen LogP contribution >= 0.6 is 0 Å². The molecule has 0 radical (unpaired) electrons. The van der Waals surface area contributed by atoms with Crippen molar-refractivity contribution in [1.29, 1.82) is 0 Å². The number of rotatable bonds is 4. The maximum atomic E-state index is 12.1. The van der Waals surface area contributed by atoms with Crippen LogP contribution in [-0.4, -0.2) is 5.97 Å². The maximum absolute atomic E-state index is 12.1. The van der Waals surface area contributed by atoms with Crippen LogP contribution in [-0.2, 0) is 0 Å². The van der Waals surface area contributed by atoms with Crippen molar-refractivity contribution in [3.8, 4) is 5.75 Å². The second-order valence-corrected chi connectivity index (χ2v) is 5.53. The molecule has 0 heterocycles. The fraction of sp³-hybridized carbons (Fsp3) is 0.0952. The van der Waals surface area contributed by atoms with Crippen LogP contribution in [0.1, 0.15) is 27.9 Å². The lowest BCUT2D eigenvalue weighted by Gasteiger charge is -2.05. The number of hydrogen-bond donors (Lipinski definition) is 0. The minimum Gasteiger partial charge on any atom is -0.423 e. The van der Waals surface area contributed by atoms with Crippen molar-refractivity contribution in [2.45, 2.75) is 13.3 Å². The molecule has 2 nitrogen and oxygen atoms in total. The van der Waals surface area contributed by atoms with Crippen LogP contribution in [0.25, 0.3) is 6.08 Å². The molecule has 2 aromatic rings. The van der Waals surface area contributed by atoms with Crippen molar-refractivity contribution in [3.63, 3.8) is 0 Å². The van der Waals surface area contributed by atoms with Gasteiger partial charge in [-0.2, -0.15) is 0 Å². The molecule has 1 aliphatic carbocycles. The number of benzene rings is 2. The number of carbonyl (C=O) groups excluding carboxylic acids is 1. The molecule has 0 fully saturated rings. The monoisotopic (exact) mass is 302 g/mol. The van der Waals surface area contributed by atoms with Crippen molar-refractivity contribution in [1.82, 2.24) is 0 Å². The van der Waals surface area contributed by atoms with Crippen molar-refractivity contribution in [3.05, 3.63) is 95.1 Å². The highest BCUT2D eigenvalue weighted by Crippen LogP contribution is 2.17. The molecule has 1 aliphatic rings. The highest BCUT2D eigenvalue weighted by Gasteiger charge is 2.07. The highest BCUT2D eigenvalue weighted by atomic mass is 16.5. The zero-order valence-electron chi connectivity index (χ0n) is 13.0. The van der Waals surface area contributed by atoms with Gasteiger partial charge in [0.25, 0.3) is 0 Å². The van der Waals surface area contributed by atoms with Gasteiger partial charge in [0.05, 0.1) is 5.56 Å². The lowest BCUT2D eigenvalue weighted by atomic mass is 10.1. The zero-order chi connectivity index (χ0) is 16.1. The van der Waals surface area contributed by atoms with Crippen molar-refractivity contribution >= 4 is 12.0 Å². The Morgan fingerprint density at radius 3 is 2.39 bits per heavy atom. The van der Waals surface area contributed by atoms with Gasteiger partial charge < -0.3 is 4.74 Å². The zero-order valence-corrected chi connectivity index (χ0v) is 13.0. The van der Waals surface area contributed by atoms with E-state index in [-0.39, 0.29) is 5.97 Å². The molecule has 2 heteroatoms. The fourth-order valence-electron chi connectivity index (χ4n) is 2.29. The van der Waals surface area contributed by atoms with Crippen LogP contribution in [0.5, 0.6) is 5.75 Å². The van der Waals surface area contributed by atoms with Gasteiger partial charge in [0.15, 0.2) is 0 Å². The van der Waals surface area contributed by atoms with E-state index in [1.165, 1.54) is 5.57 Å². The molecule has 2 aromatic carbocycles. The number of esters is 1. The van der Waals surface area contributed by atoms with E-state index in [9.17, 15) is 4.79 Å². The first kappa shape index (κ1) is 15.0. The molecule has 0 saturated heterocycles. The summed E-state index contributed by atoms with van der Waals surface area (Å²) in [5.74, 6) is 0.213. The first-order chi connectivity index (χ1) is 11.2. The van der Waals surface area contributed by atoms with Gasteiger partial charge in [0.1, 0.15) is 5.75 Å². The lowest BCUT2D eigenvalue weighted by Crippen LogP contribution is -2.08. The summed E-state index contributed by atoms with van der Waals surface area (Å²) in [4.78, 5) is 12.1. The third-order valence-electron chi connectivity index (χ3n) is 3.67. The van der Waals surface area contributed by atoms with Crippen LogP contribution in [0.2, 0.25) is 0 Å². The Kier molecular flexibility index (Phi) is 4.53. The van der Waals surface area contributed by atoms with E-state index in [1.54, 1.807) is 12.1 Å². The van der Waals surface area contributed by atoms with E-state index in [2.05, 4.69) is 30.4 Å². The molecule has 0 atom stereocenters. The molecule has 23 heavy (non-hydrogen) atoms. The topological polar surface area (TPSA) is 26.3 Å². The molecule has 0 amide bonds. The number of hydrogen-bond acceptors (Lipinski definition) is 2. The average molecular weight is 302 g/mol. The van der Waals surface area contributed by atoms with Crippen LogP contribution in [0.3, 0.4) is 0 Å². The van der Waals surface area contributed by atoms with E-state index in [4.69, 9.17) is 4.74 Å². The second-order valence-electron chi connectivity index (χ2n) is 5.53. The molecule has 0 aliphatic heterocycles. The Bertz CT molecular complexity index is 776. The molecule has 114 valence electrons. The summed E-state index contributed by atoms with van der Waals surface area (Å²) in [7, 11) is 0. The van der Waals surface area contributed by atoms with Gasteiger partial charge in [-0.1, -0.05) is 60.2 Å². The van der Waals surface area contributed by atoms with E-state index in [1.807, 2.05) is 43.3 Å². The number of aryl methyl sites for hydroxylation is 1. The minimum absolute atomic E-state index is 0.338. The van der Waals surface area contributed by atoms with E-state index in [0.29, 0.717) is 11.3 Å². The van der Waals surface area contributed by atoms with E-state index in [0.717, 1.165) is 17.5 Å². The van der Waals surface area contributed by atoms with Gasteiger partial charge in [-0.05, 0) is 48.7 Å². The van der Waals surface area contributed by atoms with Gasteiger partial charge in [0.2, 0.25) is 0 Å². The first-order valence-corrected chi connectivity index (χ1v) is 7.63. The minimum atomic E-state index is -0.338. The number of ether oxygens (including phenoxy) is 1. The Labute approximate surface area is 136 Å². The molecular formula is C21H18O2. The summed E-state index contributed by atoms with van der Waals surface area (Å²) in [5.41, 5.74) is 4.04. The summed E-state index contributed by atoms with van der Waals surface area (Å²) in [6.45, 7) is 1.99. The number of allylic oxidation sites excluding steroid dienone is 5. The summed E-state index contributed by atoms with van der Waals surface area (Å²) in [6, 6.07) is 14.9. The molecule has 0 unspecified atom stereocenters. The predicted octanol–water partition coefficient (Wildman–Crippen LogP) is 5.11. The quantitative estimate of drug-likeness (QED) is 0.579. The SMILES string of the molecule is Cc1ccc(C(=O)Oc2ccc(/C=C/C3=CC=CC3)cc2)cc1. The Morgan fingerprint density at radius 2 is 1.74 bits per heavy atom. The molecule has 0 bridgehead atoms. The number of carbonyl (C=O) groups is 1. The van der Waals surface area contributed by atoms with Gasteiger partial charge in [-0.25, -0.2) is 4.79 Å². The molecule has 0 saturated carbocycles. The predicted molar refractivity (Wildman–Crippen MR) is 93.5 cm³/mol. The van der Waals surface area contributed by atoms with Crippen LogP contribution < -0.4 is 4.74 Å². The third-order valence-corrected chi connectivity index (χ3v) is 3.67. The molecule has 3 rings (SSSR count). The molecule has 0 aromatic heterocycles. The smallest absolute Gasteiger partial charge is 0.343 e. The van der Waals surface area contributed by atoms with Crippen LogP contribution in [0, 0.1) is 6.92 Å². The van der Waals surface area contributed by atoms with Crippen molar-refractivity contribution < 1.29 is 9.53 Å². The fourth-order valence-corrected chi connectivity index (χ4v) is 2.29. The highest BCUT2D eigenvalue weighted by molar-refractivity contribution is 5.91. The largest absolute Gasteiger partial charge is 0.423 e. The molecule has 0 spiro atoms. The summed E-state index contributed by atoms with van der Waals surface area (Å²) in [5, 5.41) is 0. The van der Waals surface area contributed by atoms with Crippen LogP contribution in [0.4, 0.5) is 0 Å². The summed E-state index contributed by atoms with van der Waals surface area (Å²) >= 11 is 0. The Hall–Kier alpha value is -2.87. The molecule has 0 N–H and O–H groups in total.